The quantitative estimate of drug-likeness (QED) is 0.380. The zero-order valence-electron chi connectivity index (χ0n) is 11.9. The number of hydrogen-bond acceptors (Lipinski definition) is 7. The summed E-state index contributed by atoms with van der Waals surface area (Å²) in [4.78, 5) is 30.2. The first-order valence-corrected chi connectivity index (χ1v) is 7.31. The van der Waals surface area contributed by atoms with E-state index < -0.39 is 11.9 Å². The van der Waals surface area contributed by atoms with E-state index in [4.69, 9.17) is 0 Å². The molecule has 0 radical (unpaired) electrons. The number of amidine groups is 1. The fraction of sp³-hybridized carbons (Fsp3) is 0.0714. The first-order valence-electron chi connectivity index (χ1n) is 6.49. The number of methoxy groups -OCH3 is 1. The Kier molecular flexibility index (Phi) is 4.20. The van der Waals surface area contributed by atoms with E-state index in [9.17, 15) is 9.59 Å². The molecule has 1 aliphatic rings. The van der Waals surface area contributed by atoms with Gasteiger partial charge in [-0.1, -0.05) is 12.1 Å². The van der Waals surface area contributed by atoms with Gasteiger partial charge in [0.25, 0.3) is 5.91 Å². The molecule has 1 aromatic heterocycles. The molecule has 8 nitrogen and oxygen atoms in total. The number of carbonyl (C=O) groups is 2. The highest BCUT2D eigenvalue weighted by atomic mass is 32.2. The van der Waals surface area contributed by atoms with Crippen molar-refractivity contribution in [3.8, 4) is 0 Å². The maximum atomic E-state index is 11.7. The van der Waals surface area contributed by atoms with Crippen LogP contribution in [0.4, 0.5) is 0 Å². The van der Waals surface area contributed by atoms with Gasteiger partial charge in [0.2, 0.25) is 0 Å². The Labute approximate surface area is 134 Å². The number of nitrogens with zero attached hydrogens (tertiary/aromatic N) is 3. The number of ether oxygens (including phenoxy) is 1. The number of imidazole rings is 1. The summed E-state index contributed by atoms with van der Waals surface area (Å²) in [5.41, 5.74) is 2.48. The number of esters is 1. The van der Waals surface area contributed by atoms with Gasteiger partial charge in [0.1, 0.15) is 0 Å². The van der Waals surface area contributed by atoms with Gasteiger partial charge in [0.05, 0.1) is 35.6 Å². The molecular formula is C14H11N5O3S. The van der Waals surface area contributed by atoms with Gasteiger partial charge in [0, 0.05) is 11.6 Å². The number of rotatable bonds is 3. The maximum Gasteiger partial charge on any atom is 0.331 e. The van der Waals surface area contributed by atoms with E-state index in [1.165, 1.54) is 7.11 Å². The average Bonchev–Trinajstić information content (AvgIpc) is 3.15. The third kappa shape index (κ3) is 3.29. The smallest absolute Gasteiger partial charge is 0.331 e. The second-order valence-electron chi connectivity index (χ2n) is 4.38. The normalized spacial score (nSPS) is 18.2. The van der Waals surface area contributed by atoms with Crippen LogP contribution in [-0.2, 0) is 14.3 Å². The van der Waals surface area contributed by atoms with Crippen LogP contribution in [0.2, 0.25) is 0 Å². The van der Waals surface area contributed by atoms with E-state index in [1.807, 2.05) is 18.2 Å². The van der Waals surface area contributed by atoms with Crippen molar-refractivity contribution in [2.45, 2.75) is 0 Å². The van der Waals surface area contributed by atoms with Crippen molar-refractivity contribution in [2.24, 2.45) is 10.2 Å². The van der Waals surface area contributed by atoms with E-state index in [0.29, 0.717) is 0 Å². The second-order valence-corrected chi connectivity index (χ2v) is 5.41. The Morgan fingerprint density at radius 3 is 3.13 bits per heavy atom. The second kappa shape index (κ2) is 6.44. The SMILES string of the molecule is COC(=O)/C=C1/S/C(=N\N=Cc2cccc3[nH]cnc23)NC1=O. The molecule has 2 N–H and O–H groups in total. The van der Waals surface area contributed by atoms with Crippen LogP contribution in [-0.4, -0.2) is 40.3 Å². The molecule has 1 aromatic carbocycles. The molecule has 0 saturated carbocycles. The van der Waals surface area contributed by atoms with Crippen LogP contribution >= 0.6 is 11.8 Å². The van der Waals surface area contributed by atoms with Crippen LogP contribution in [0.15, 0.2) is 45.7 Å². The lowest BCUT2D eigenvalue weighted by Crippen LogP contribution is -2.19. The number of aromatic amines is 1. The minimum absolute atomic E-state index is 0.209. The van der Waals surface area contributed by atoms with Crippen molar-refractivity contribution in [1.82, 2.24) is 15.3 Å². The number of benzene rings is 1. The molecule has 0 bridgehead atoms. The summed E-state index contributed by atoms with van der Waals surface area (Å²) >= 11 is 1.02. The predicted molar refractivity (Wildman–Crippen MR) is 87.0 cm³/mol. The number of hydrogen-bond donors (Lipinski definition) is 2. The molecule has 2 aromatic rings. The molecule has 1 aliphatic heterocycles. The minimum atomic E-state index is -0.599. The summed E-state index contributed by atoms with van der Waals surface area (Å²) in [7, 11) is 1.24. The van der Waals surface area contributed by atoms with E-state index in [0.717, 1.165) is 34.4 Å². The number of para-hydroxylation sites is 1. The molecule has 0 atom stereocenters. The van der Waals surface area contributed by atoms with Gasteiger partial charge in [-0.3, -0.25) is 10.1 Å². The fourth-order valence-electron chi connectivity index (χ4n) is 1.88. The Balaban J connectivity index is 1.76. The van der Waals surface area contributed by atoms with Crippen LogP contribution in [0.25, 0.3) is 11.0 Å². The standard InChI is InChI=1S/C14H11N5O3S/c1-22-11(20)5-10-13(21)18-14(23-10)19-17-6-8-3-2-4-9-12(8)16-7-15-9/h2-7H,1H3,(H,15,16)(H,18,19,21)/b10-5+,17-6?. The first kappa shape index (κ1) is 15.0. The monoisotopic (exact) mass is 329 g/mol. The molecule has 0 aliphatic carbocycles. The van der Waals surface area contributed by atoms with Crippen LogP contribution in [0.1, 0.15) is 5.56 Å². The fourth-order valence-corrected chi connectivity index (χ4v) is 2.62. The zero-order chi connectivity index (χ0) is 16.2. The zero-order valence-corrected chi connectivity index (χ0v) is 12.8. The van der Waals surface area contributed by atoms with Crippen molar-refractivity contribution in [3.63, 3.8) is 0 Å². The summed E-state index contributed by atoms with van der Waals surface area (Å²) in [6.07, 6.45) is 4.26. The number of aromatic nitrogens is 2. The average molecular weight is 329 g/mol. The molecule has 9 heteroatoms. The summed E-state index contributed by atoms with van der Waals surface area (Å²) < 4.78 is 4.48. The van der Waals surface area contributed by atoms with E-state index in [-0.39, 0.29) is 10.1 Å². The molecule has 23 heavy (non-hydrogen) atoms. The van der Waals surface area contributed by atoms with E-state index >= 15 is 0 Å². The highest BCUT2D eigenvalue weighted by Crippen LogP contribution is 2.23. The van der Waals surface area contributed by atoms with Crippen molar-refractivity contribution < 1.29 is 14.3 Å². The van der Waals surface area contributed by atoms with Crippen molar-refractivity contribution in [1.29, 1.82) is 0 Å². The summed E-state index contributed by atoms with van der Waals surface area (Å²) in [6.45, 7) is 0. The number of nitrogens with one attached hydrogen (secondary N) is 2. The summed E-state index contributed by atoms with van der Waals surface area (Å²) in [5, 5.41) is 10.7. The van der Waals surface area contributed by atoms with E-state index in [2.05, 4.69) is 30.2 Å². The van der Waals surface area contributed by atoms with Crippen molar-refractivity contribution in [2.75, 3.05) is 7.11 Å². The Morgan fingerprint density at radius 2 is 2.30 bits per heavy atom. The largest absolute Gasteiger partial charge is 0.466 e. The molecule has 3 rings (SSSR count). The molecule has 2 heterocycles. The van der Waals surface area contributed by atoms with Gasteiger partial charge in [-0.15, -0.1) is 5.10 Å². The molecule has 1 saturated heterocycles. The minimum Gasteiger partial charge on any atom is -0.466 e. The lowest BCUT2D eigenvalue weighted by atomic mass is 10.2. The Morgan fingerprint density at radius 1 is 1.43 bits per heavy atom. The topological polar surface area (TPSA) is 109 Å². The molecule has 116 valence electrons. The van der Waals surface area contributed by atoms with Crippen LogP contribution in [0.3, 0.4) is 0 Å². The van der Waals surface area contributed by atoms with Gasteiger partial charge in [-0.2, -0.15) is 5.10 Å². The summed E-state index contributed by atoms with van der Waals surface area (Å²) in [6, 6.07) is 5.64. The predicted octanol–water partition coefficient (Wildman–Crippen LogP) is 1.17. The third-order valence-corrected chi connectivity index (χ3v) is 3.83. The van der Waals surface area contributed by atoms with Crippen molar-refractivity contribution in [3.05, 3.63) is 41.1 Å². The maximum absolute atomic E-state index is 11.7. The molecule has 0 unspecified atom stereocenters. The van der Waals surface area contributed by atoms with Crippen LogP contribution in [0.5, 0.6) is 0 Å². The van der Waals surface area contributed by atoms with Gasteiger partial charge in [0.15, 0.2) is 5.17 Å². The summed E-state index contributed by atoms with van der Waals surface area (Å²) in [5.74, 6) is -1.01. The van der Waals surface area contributed by atoms with Crippen LogP contribution < -0.4 is 5.32 Å². The first-order chi connectivity index (χ1) is 11.2. The number of thioether (sulfide) groups is 1. The molecule has 1 amide bonds. The Bertz CT molecular complexity index is 868. The number of carbonyl (C=O) groups excluding carboxylic acids is 2. The number of H-pyrrole nitrogens is 1. The lowest BCUT2D eigenvalue weighted by Gasteiger charge is -1.93. The lowest BCUT2D eigenvalue weighted by molar-refractivity contribution is -0.135. The highest BCUT2D eigenvalue weighted by Gasteiger charge is 2.24. The van der Waals surface area contributed by atoms with E-state index in [1.54, 1.807) is 12.5 Å². The third-order valence-electron chi connectivity index (χ3n) is 2.93. The van der Waals surface area contributed by atoms with Gasteiger partial charge < -0.3 is 9.72 Å². The molecular weight excluding hydrogens is 318 g/mol. The van der Waals surface area contributed by atoms with Gasteiger partial charge in [-0.05, 0) is 17.8 Å². The molecule has 0 spiro atoms. The molecule has 1 fully saturated rings. The van der Waals surface area contributed by atoms with Gasteiger partial charge >= 0.3 is 5.97 Å². The van der Waals surface area contributed by atoms with Crippen molar-refractivity contribution >= 4 is 46.1 Å². The number of fused-ring (bicyclic) bond motifs is 1. The highest BCUT2D eigenvalue weighted by molar-refractivity contribution is 8.18. The van der Waals surface area contributed by atoms with Gasteiger partial charge in [-0.25, -0.2) is 9.78 Å². The number of amides is 1. The van der Waals surface area contributed by atoms with Crippen LogP contribution in [0, 0.1) is 0 Å². The Hall–Kier alpha value is -2.94.